The van der Waals surface area contributed by atoms with Crippen LogP contribution in [-0.2, 0) is 11.0 Å². The standard InChI is InChI=1S/C18H19F3O3/c1-16(2,11-7-9-12(22)10-8-11)13-5-4-6-14(23)15(13)17(3,24)18(19,20)21/h4-10,22-24H,1-3H3. The zero-order chi connectivity index (χ0) is 18.3. The average molecular weight is 340 g/mol. The van der Waals surface area contributed by atoms with Crippen molar-refractivity contribution in [2.24, 2.45) is 0 Å². The van der Waals surface area contributed by atoms with Crippen molar-refractivity contribution >= 4 is 0 Å². The fraction of sp³-hybridized carbons (Fsp3) is 0.333. The highest BCUT2D eigenvalue weighted by molar-refractivity contribution is 5.51. The van der Waals surface area contributed by atoms with Crippen LogP contribution in [0.3, 0.4) is 0 Å². The molecule has 0 aromatic heterocycles. The predicted molar refractivity (Wildman–Crippen MR) is 84.0 cm³/mol. The van der Waals surface area contributed by atoms with Crippen LogP contribution in [0.5, 0.6) is 11.5 Å². The molecule has 1 atom stereocenters. The van der Waals surface area contributed by atoms with E-state index >= 15 is 0 Å². The van der Waals surface area contributed by atoms with E-state index in [-0.39, 0.29) is 11.3 Å². The molecule has 130 valence electrons. The van der Waals surface area contributed by atoms with Crippen LogP contribution in [0.2, 0.25) is 0 Å². The van der Waals surface area contributed by atoms with Crippen LogP contribution >= 0.6 is 0 Å². The quantitative estimate of drug-likeness (QED) is 0.785. The van der Waals surface area contributed by atoms with Crippen LogP contribution in [-0.4, -0.2) is 21.5 Å². The average Bonchev–Trinajstić information content (AvgIpc) is 2.46. The Kier molecular flexibility index (Phi) is 4.31. The summed E-state index contributed by atoms with van der Waals surface area (Å²) in [4.78, 5) is 0. The summed E-state index contributed by atoms with van der Waals surface area (Å²) in [5.41, 5.74) is -3.95. The van der Waals surface area contributed by atoms with Crippen molar-refractivity contribution in [2.75, 3.05) is 0 Å². The van der Waals surface area contributed by atoms with Gasteiger partial charge in [0.25, 0.3) is 0 Å². The molecule has 0 spiro atoms. The van der Waals surface area contributed by atoms with Gasteiger partial charge in [-0.05, 0) is 36.2 Å². The van der Waals surface area contributed by atoms with Gasteiger partial charge < -0.3 is 15.3 Å². The van der Waals surface area contributed by atoms with E-state index in [0.717, 1.165) is 6.07 Å². The van der Waals surface area contributed by atoms with Crippen LogP contribution in [0.25, 0.3) is 0 Å². The molecule has 0 bridgehead atoms. The molecule has 0 heterocycles. The SMILES string of the molecule is CC(C)(c1ccc(O)cc1)c1cccc(O)c1C(C)(O)C(F)(F)F. The molecule has 2 rings (SSSR count). The number of phenolic OH excluding ortho intramolecular Hbond substituents is 2. The van der Waals surface area contributed by atoms with Gasteiger partial charge in [-0.2, -0.15) is 13.2 Å². The van der Waals surface area contributed by atoms with Gasteiger partial charge in [0.2, 0.25) is 0 Å². The Morgan fingerprint density at radius 3 is 1.88 bits per heavy atom. The van der Waals surface area contributed by atoms with E-state index in [9.17, 15) is 28.5 Å². The molecule has 0 aliphatic rings. The molecule has 3 N–H and O–H groups in total. The maximum atomic E-state index is 13.3. The zero-order valence-electron chi connectivity index (χ0n) is 13.5. The first-order valence-electron chi connectivity index (χ1n) is 7.30. The molecule has 0 saturated carbocycles. The van der Waals surface area contributed by atoms with Crippen molar-refractivity contribution in [1.82, 2.24) is 0 Å². The monoisotopic (exact) mass is 340 g/mol. The molecule has 0 fully saturated rings. The van der Waals surface area contributed by atoms with Crippen LogP contribution in [0, 0.1) is 0 Å². The third-order valence-electron chi connectivity index (χ3n) is 4.34. The van der Waals surface area contributed by atoms with E-state index in [1.807, 2.05) is 0 Å². The highest BCUT2D eigenvalue weighted by Gasteiger charge is 2.54. The van der Waals surface area contributed by atoms with Crippen molar-refractivity contribution in [3.63, 3.8) is 0 Å². The first-order chi connectivity index (χ1) is 10.9. The summed E-state index contributed by atoms with van der Waals surface area (Å²) in [6.45, 7) is 3.99. The minimum Gasteiger partial charge on any atom is -0.508 e. The summed E-state index contributed by atoms with van der Waals surface area (Å²) in [7, 11) is 0. The minimum atomic E-state index is -4.95. The summed E-state index contributed by atoms with van der Waals surface area (Å²) >= 11 is 0. The van der Waals surface area contributed by atoms with Gasteiger partial charge >= 0.3 is 6.18 Å². The van der Waals surface area contributed by atoms with E-state index in [4.69, 9.17) is 0 Å². The number of aliphatic hydroxyl groups is 1. The zero-order valence-corrected chi connectivity index (χ0v) is 13.5. The number of halogens is 3. The van der Waals surface area contributed by atoms with Gasteiger partial charge in [0.05, 0.1) is 0 Å². The van der Waals surface area contributed by atoms with E-state index < -0.39 is 28.5 Å². The molecule has 2 aromatic carbocycles. The van der Waals surface area contributed by atoms with Gasteiger partial charge in [0.15, 0.2) is 5.60 Å². The highest BCUT2D eigenvalue weighted by Crippen LogP contribution is 2.47. The van der Waals surface area contributed by atoms with Crippen molar-refractivity contribution in [3.05, 3.63) is 59.2 Å². The first kappa shape index (κ1) is 18.1. The third-order valence-corrected chi connectivity index (χ3v) is 4.34. The largest absolute Gasteiger partial charge is 0.508 e. The number of aromatic hydroxyl groups is 2. The Hall–Kier alpha value is -2.21. The molecule has 0 aliphatic heterocycles. The third kappa shape index (κ3) is 2.94. The maximum Gasteiger partial charge on any atom is 0.421 e. The van der Waals surface area contributed by atoms with Gasteiger partial charge in [-0.1, -0.05) is 38.1 Å². The van der Waals surface area contributed by atoms with E-state index in [1.165, 1.54) is 24.3 Å². The van der Waals surface area contributed by atoms with Crippen molar-refractivity contribution in [3.8, 4) is 11.5 Å². The second-order valence-electron chi connectivity index (χ2n) is 6.44. The molecule has 0 saturated heterocycles. The topological polar surface area (TPSA) is 60.7 Å². The van der Waals surface area contributed by atoms with Crippen LogP contribution in [0.4, 0.5) is 13.2 Å². The predicted octanol–water partition coefficient (Wildman–Crippen LogP) is 4.19. The summed E-state index contributed by atoms with van der Waals surface area (Å²) in [6.07, 6.45) is -4.95. The number of phenols is 2. The molecule has 24 heavy (non-hydrogen) atoms. The molecule has 0 radical (unpaired) electrons. The summed E-state index contributed by atoms with van der Waals surface area (Å²) in [6, 6.07) is 10.0. The van der Waals surface area contributed by atoms with Crippen molar-refractivity contribution in [1.29, 1.82) is 0 Å². The summed E-state index contributed by atoms with van der Waals surface area (Å²) < 4.78 is 40.0. The first-order valence-corrected chi connectivity index (χ1v) is 7.30. The Morgan fingerprint density at radius 1 is 0.833 bits per heavy atom. The lowest BCUT2D eigenvalue weighted by Crippen LogP contribution is -2.41. The number of alkyl halides is 3. The molecule has 6 heteroatoms. The molecule has 0 aliphatic carbocycles. The summed E-state index contributed by atoms with van der Waals surface area (Å²) in [5.74, 6) is -0.588. The summed E-state index contributed by atoms with van der Waals surface area (Å²) in [5, 5.41) is 29.6. The fourth-order valence-electron chi connectivity index (χ4n) is 2.75. The number of rotatable bonds is 3. The van der Waals surface area contributed by atoms with Crippen LogP contribution in [0.15, 0.2) is 42.5 Å². The second kappa shape index (κ2) is 5.70. The lowest BCUT2D eigenvalue weighted by molar-refractivity contribution is -0.259. The van der Waals surface area contributed by atoms with Crippen molar-refractivity contribution < 1.29 is 28.5 Å². The lowest BCUT2D eigenvalue weighted by Gasteiger charge is -2.35. The van der Waals surface area contributed by atoms with Gasteiger partial charge in [0.1, 0.15) is 11.5 Å². The number of hydrogen-bond donors (Lipinski definition) is 3. The Labute approximate surface area is 138 Å². The maximum absolute atomic E-state index is 13.3. The lowest BCUT2D eigenvalue weighted by atomic mass is 9.73. The normalized spacial score (nSPS) is 15.1. The van der Waals surface area contributed by atoms with Gasteiger partial charge in [0, 0.05) is 11.0 Å². The van der Waals surface area contributed by atoms with Gasteiger partial charge in [-0.3, -0.25) is 0 Å². The van der Waals surface area contributed by atoms with Crippen molar-refractivity contribution in [2.45, 2.75) is 38.0 Å². The molecule has 0 amide bonds. The Balaban J connectivity index is 2.72. The molecular weight excluding hydrogens is 321 g/mol. The molecule has 2 aromatic rings. The van der Waals surface area contributed by atoms with E-state index in [1.54, 1.807) is 26.0 Å². The number of hydrogen-bond acceptors (Lipinski definition) is 3. The molecule has 1 unspecified atom stereocenters. The fourth-order valence-corrected chi connectivity index (χ4v) is 2.75. The number of benzene rings is 2. The Bertz CT molecular complexity index is 732. The van der Waals surface area contributed by atoms with Gasteiger partial charge in [-0.25, -0.2) is 0 Å². The molecule has 3 nitrogen and oxygen atoms in total. The van der Waals surface area contributed by atoms with Gasteiger partial charge in [-0.15, -0.1) is 0 Å². The Morgan fingerprint density at radius 2 is 1.38 bits per heavy atom. The highest BCUT2D eigenvalue weighted by atomic mass is 19.4. The second-order valence-corrected chi connectivity index (χ2v) is 6.44. The smallest absolute Gasteiger partial charge is 0.421 e. The van der Waals surface area contributed by atoms with Crippen LogP contribution < -0.4 is 0 Å². The molecular formula is C18H19F3O3. The van der Waals surface area contributed by atoms with E-state index in [2.05, 4.69) is 0 Å². The van der Waals surface area contributed by atoms with Crippen LogP contribution in [0.1, 0.15) is 37.5 Å². The van der Waals surface area contributed by atoms with E-state index in [0.29, 0.717) is 12.5 Å². The minimum absolute atomic E-state index is 0.0352.